The van der Waals surface area contributed by atoms with Gasteiger partial charge in [0.25, 0.3) is 0 Å². The van der Waals surface area contributed by atoms with Gasteiger partial charge in [0.1, 0.15) is 5.75 Å². The van der Waals surface area contributed by atoms with Gasteiger partial charge in [-0.25, -0.2) is 0 Å². The number of methoxy groups -OCH3 is 1. The second-order valence-corrected chi connectivity index (χ2v) is 5.09. The highest BCUT2D eigenvalue weighted by Crippen LogP contribution is 2.23. The van der Waals surface area contributed by atoms with Crippen LogP contribution in [0.25, 0.3) is 0 Å². The molecule has 0 radical (unpaired) electrons. The van der Waals surface area contributed by atoms with Gasteiger partial charge in [0.05, 0.1) is 19.1 Å². The standard InChI is InChI=1S/C14H20N2O3/c1-10(11-3-5-12(19-2)6-4-11)16-14(7-13(17)18)8-15-9-14/h3-6,10,15-16H,7-9H2,1-2H3,(H,17,18)/t10-/m1/s1. The van der Waals surface area contributed by atoms with Crippen molar-refractivity contribution in [3.63, 3.8) is 0 Å². The van der Waals surface area contributed by atoms with Gasteiger partial charge in [-0.1, -0.05) is 12.1 Å². The maximum atomic E-state index is 10.9. The van der Waals surface area contributed by atoms with Gasteiger partial charge in [-0.3, -0.25) is 4.79 Å². The summed E-state index contributed by atoms with van der Waals surface area (Å²) >= 11 is 0. The Balaban J connectivity index is 2.02. The molecule has 1 aliphatic heterocycles. The zero-order valence-corrected chi connectivity index (χ0v) is 11.3. The lowest BCUT2D eigenvalue weighted by Gasteiger charge is -2.44. The Labute approximate surface area is 113 Å². The third-order valence-electron chi connectivity index (χ3n) is 3.55. The van der Waals surface area contributed by atoms with Gasteiger partial charge in [-0.2, -0.15) is 0 Å². The number of benzene rings is 1. The summed E-state index contributed by atoms with van der Waals surface area (Å²) in [7, 11) is 1.64. The number of nitrogens with one attached hydrogen (secondary N) is 2. The first-order chi connectivity index (χ1) is 9.04. The Kier molecular flexibility index (Phi) is 4.07. The zero-order valence-electron chi connectivity index (χ0n) is 11.3. The molecule has 0 amide bonds. The van der Waals surface area contributed by atoms with E-state index in [4.69, 9.17) is 9.84 Å². The van der Waals surface area contributed by atoms with Crippen LogP contribution in [-0.4, -0.2) is 36.8 Å². The summed E-state index contributed by atoms with van der Waals surface area (Å²) in [4.78, 5) is 10.9. The molecule has 3 N–H and O–H groups in total. The lowest BCUT2D eigenvalue weighted by atomic mass is 9.87. The minimum Gasteiger partial charge on any atom is -0.497 e. The number of carbonyl (C=O) groups is 1. The summed E-state index contributed by atoms with van der Waals surface area (Å²) in [6, 6.07) is 7.92. The van der Waals surface area contributed by atoms with Gasteiger partial charge in [0.2, 0.25) is 0 Å². The van der Waals surface area contributed by atoms with Crippen molar-refractivity contribution in [1.82, 2.24) is 10.6 Å². The summed E-state index contributed by atoms with van der Waals surface area (Å²) in [5.74, 6) is 0.0532. The van der Waals surface area contributed by atoms with Crippen molar-refractivity contribution in [3.05, 3.63) is 29.8 Å². The second-order valence-electron chi connectivity index (χ2n) is 5.09. The van der Waals surface area contributed by atoms with E-state index in [1.807, 2.05) is 31.2 Å². The largest absolute Gasteiger partial charge is 0.497 e. The molecule has 5 heteroatoms. The normalized spacial score (nSPS) is 18.4. The van der Waals surface area contributed by atoms with Crippen LogP contribution in [0.5, 0.6) is 5.75 Å². The average molecular weight is 264 g/mol. The fraction of sp³-hybridized carbons (Fsp3) is 0.500. The van der Waals surface area contributed by atoms with E-state index in [9.17, 15) is 4.79 Å². The lowest BCUT2D eigenvalue weighted by Crippen LogP contribution is -2.68. The van der Waals surface area contributed by atoms with Crippen LogP contribution in [0, 0.1) is 0 Å². The van der Waals surface area contributed by atoms with E-state index < -0.39 is 5.97 Å². The van der Waals surface area contributed by atoms with Gasteiger partial charge in [-0.05, 0) is 24.6 Å². The van der Waals surface area contributed by atoms with E-state index in [1.165, 1.54) is 0 Å². The van der Waals surface area contributed by atoms with Crippen molar-refractivity contribution >= 4 is 5.97 Å². The highest BCUT2D eigenvalue weighted by Gasteiger charge is 2.39. The molecule has 19 heavy (non-hydrogen) atoms. The minimum absolute atomic E-state index is 0.104. The number of hydrogen-bond donors (Lipinski definition) is 3. The number of hydrogen-bond acceptors (Lipinski definition) is 4. The first-order valence-electron chi connectivity index (χ1n) is 6.39. The fourth-order valence-electron chi connectivity index (χ4n) is 2.43. The van der Waals surface area contributed by atoms with E-state index in [0.29, 0.717) is 13.1 Å². The van der Waals surface area contributed by atoms with Crippen LogP contribution in [0.15, 0.2) is 24.3 Å². The molecule has 5 nitrogen and oxygen atoms in total. The first kappa shape index (κ1) is 13.8. The third-order valence-corrected chi connectivity index (χ3v) is 3.55. The quantitative estimate of drug-likeness (QED) is 0.719. The minimum atomic E-state index is -0.768. The first-order valence-corrected chi connectivity index (χ1v) is 6.39. The number of ether oxygens (including phenoxy) is 1. The topological polar surface area (TPSA) is 70.6 Å². The van der Waals surface area contributed by atoms with Crippen molar-refractivity contribution in [2.24, 2.45) is 0 Å². The molecule has 1 saturated heterocycles. The van der Waals surface area contributed by atoms with Gasteiger partial charge >= 0.3 is 5.97 Å². The smallest absolute Gasteiger partial charge is 0.305 e. The molecule has 1 heterocycles. The number of aliphatic carboxylic acids is 1. The predicted octanol–water partition coefficient (Wildman–Crippen LogP) is 1.16. The predicted molar refractivity (Wildman–Crippen MR) is 72.4 cm³/mol. The Morgan fingerprint density at radius 2 is 2.11 bits per heavy atom. The molecule has 1 aliphatic rings. The summed E-state index contributed by atoms with van der Waals surface area (Å²) in [6.45, 7) is 3.43. The second kappa shape index (κ2) is 5.59. The molecule has 1 aromatic rings. The maximum Gasteiger partial charge on any atom is 0.305 e. The highest BCUT2D eigenvalue weighted by atomic mass is 16.5. The number of rotatable bonds is 6. The summed E-state index contributed by atoms with van der Waals surface area (Å²) in [5, 5.41) is 15.5. The summed E-state index contributed by atoms with van der Waals surface area (Å²) in [5.41, 5.74) is 0.794. The molecule has 1 fully saturated rings. The molecule has 104 valence electrons. The van der Waals surface area contributed by atoms with Crippen molar-refractivity contribution in [3.8, 4) is 5.75 Å². The summed E-state index contributed by atoms with van der Waals surface area (Å²) in [6.07, 6.45) is 0.139. The van der Waals surface area contributed by atoms with E-state index in [0.717, 1.165) is 11.3 Å². The summed E-state index contributed by atoms with van der Waals surface area (Å²) < 4.78 is 5.13. The van der Waals surface area contributed by atoms with Crippen molar-refractivity contribution < 1.29 is 14.6 Å². The molecule has 0 aliphatic carbocycles. The molecule has 2 rings (SSSR count). The van der Waals surface area contributed by atoms with Gasteiger partial charge in [0.15, 0.2) is 0 Å². The average Bonchev–Trinajstić information content (AvgIpc) is 2.35. The Morgan fingerprint density at radius 3 is 2.53 bits per heavy atom. The molecule has 0 saturated carbocycles. The van der Waals surface area contributed by atoms with Crippen LogP contribution in [0.3, 0.4) is 0 Å². The fourth-order valence-corrected chi connectivity index (χ4v) is 2.43. The SMILES string of the molecule is COc1ccc([C@@H](C)NC2(CC(=O)O)CNC2)cc1. The van der Waals surface area contributed by atoms with Crippen molar-refractivity contribution in [2.75, 3.05) is 20.2 Å². The molecule has 0 aromatic heterocycles. The molecule has 0 unspecified atom stereocenters. The molecule has 1 atom stereocenters. The van der Waals surface area contributed by atoms with Crippen LogP contribution in [0.2, 0.25) is 0 Å². The van der Waals surface area contributed by atoms with Gasteiger partial charge < -0.3 is 20.5 Å². The molecule has 0 bridgehead atoms. The molecule has 0 spiro atoms. The zero-order chi connectivity index (χ0) is 13.9. The molecular formula is C14H20N2O3. The third kappa shape index (κ3) is 3.24. The lowest BCUT2D eigenvalue weighted by molar-refractivity contribution is -0.139. The van der Waals surface area contributed by atoms with Gasteiger partial charge in [-0.15, -0.1) is 0 Å². The van der Waals surface area contributed by atoms with E-state index in [-0.39, 0.29) is 18.0 Å². The van der Waals surface area contributed by atoms with Crippen LogP contribution in [0.4, 0.5) is 0 Å². The Morgan fingerprint density at radius 1 is 1.47 bits per heavy atom. The van der Waals surface area contributed by atoms with Crippen LogP contribution < -0.4 is 15.4 Å². The van der Waals surface area contributed by atoms with Crippen molar-refractivity contribution in [1.29, 1.82) is 0 Å². The molecule has 1 aromatic carbocycles. The Hall–Kier alpha value is -1.59. The van der Waals surface area contributed by atoms with Crippen LogP contribution in [-0.2, 0) is 4.79 Å². The highest BCUT2D eigenvalue weighted by molar-refractivity contribution is 5.68. The van der Waals surface area contributed by atoms with Gasteiger partial charge in [0, 0.05) is 19.1 Å². The maximum absolute atomic E-state index is 10.9. The van der Waals surface area contributed by atoms with E-state index >= 15 is 0 Å². The van der Waals surface area contributed by atoms with Crippen molar-refractivity contribution in [2.45, 2.75) is 24.9 Å². The Bertz CT molecular complexity index is 441. The van der Waals surface area contributed by atoms with Crippen LogP contribution in [0.1, 0.15) is 24.9 Å². The van der Waals surface area contributed by atoms with Crippen LogP contribution >= 0.6 is 0 Å². The number of carboxylic acids is 1. The number of carboxylic acid groups (broad SMARTS) is 1. The van der Waals surface area contributed by atoms with E-state index in [2.05, 4.69) is 10.6 Å². The molecular weight excluding hydrogens is 244 g/mol. The van der Waals surface area contributed by atoms with E-state index in [1.54, 1.807) is 7.11 Å². The monoisotopic (exact) mass is 264 g/mol.